The number of aromatic nitrogens is 1. The first-order chi connectivity index (χ1) is 15.7. The average Bonchev–Trinajstić information content (AvgIpc) is 3.26. The summed E-state index contributed by atoms with van der Waals surface area (Å²) in [6, 6.07) is 8.46. The van der Waals surface area contributed by atoms with Gasteiger partial charge in [-0.1, -0.05) is 35.1 Å². The van der Waals surface area contributed by atoms with Crippen LogP contribution in [0.3, 0.4) is 0 Å². The lowest BCUT2D eigenvalue weighted by atomic mass is 9.94. The van der Waals surface area contributed by atoms with Gasteiger partial charge in [-0.3, -0.25) is 14.2 Å². The van der Waals surface area contributed by atoms with E-state index in [4.69, 9.17) is 16.0 Å². The van der Waals surface area contributed by atoms with Crippen molar-refractivity contribution in [2.45, 2.75) is 26.8 Å². The Morgan fingerprint density at radius 3 is 2.58 bits per heavy atom. The standard InChI is InChI=1S/C23H20BrClIN3O3S/c1-4-28(5-2)22(31)18-12(3)27-23-29(19(18)13-6-8-14(25)9-7-13)21(30)17(33-23)11-15-10-16(24)20(26)32-15/h6-11,19H,4-5H2,1-3H3/b17-11+/t19-/m1/s1. The van der Waals surface area contributed by atoms with Gasteiger partial charge >= 0.3 is 0 Å². The number of halogens is 3. The fraction of sp³-hybridized carbons (Fsp3) is 0.261. The molecule has 0 saturated carbocycles. The van der Waals surface area contributed by atoms with E-state index in [9.17, 15) is 9.59 Å². The van der Waals surface area contributed by atoms with Gasteiger partial charge in [0.15, 0.2) is 8.57 Å². The second-order valence-electron chi connectivity index (χ2n) is 7.38. The third kappa shape index (κ3) is 4.65. The molecular weight excluding hydrogens is 641 g/mol. The number of hydrogen-bond donors (Lipinski definition) is 0. The molecule has 1 aliphatic heterocycles. The molecule has 3 aromatic rings. The number of thiazole rings is 1. The molecule has 0 bridgehead atoms. The van der Waals surface area contributed by atoms with E-state index in [1.165, 1.54) is 11.3 Å². The molecule has 0 radical (unpaired) electrons. The lowest BCUT2D eigenvalue weighted by molar-refractivity contribution is -0.127. The second kappa shape index (κ2) is 9.89. The highest BCUT2D eigenvalue weighted by Crippen LogP contribution is 2.32. The minimum atomic E-state index is -0.600. The minimum absolute atomic E-state index is 0.125. The first-order valence-corrected chi connectivity index (χ1v) is 13.3. The van der Waals surface area contributed by atoms with Gasteiger partial charge < -0.3 is 9.32 Å². The maximum atomic E-state index is 13.6. The van der Waals surface area contributed by atoms with E-state index < -0.39 is 6.04 Å². The molecule has 0 unspecified atom stereocenters. The van der Waals surface area contributed by atoms with Crippen LogP contribution in [0.25, 0.3) is 6.08 Å². The fourth-order valence-corrected chi connectivity index (χ4v) is 5.67. The van der Waals surface area contributed by atoms with Crippen LogP contribution in [0.4, 0.5) is 0 Å². The number of allylic oxidation sites excluding steroid dienone is 1. The van der Waals surface area contributed by atoms with Crippen LogP contribution in [0.1, 0.15) is 38.1 Å². The Kier molecular flexibility index (Phi) is 7.32. The number of benzene rings is 1. The van der Waals surface area contributed by atoms with Gasteiger partial charge in [-0.2, -0.15) is 0 Å². The molecule has 2 aromatic heterocycles. The number of rotatable bonds is 5. The molecule has 1 aromatic carbocycles. The SMILES string of the molecule is CCN(CC)C(=O)C1=C(C)N=c2s/c(=C/c3cc(Br)c(I)o3)c(=O)n2[C@@H]1c1ccc(Cl)cc1. The Bertz CT molecular complexity index is 1420. The van der Waals surface area contributed by atoms with Crippen LogP contribution >= 0.6 is 61.5 Å². The third-order valence-electron chi connectivity index (χ3n) is 5.43. The zero-order valence-electron chi connectivity index (χ0n) is 18.1. The van der Waals surface area contributed by atoms with Crippen LogP contribution in [0.2, 0.25) is 5.02 Å². The molecule has 0 aliphatic carbocycles. The zero-order valence-corrected chi connectivity index (χ0v) is 23.4. The number of likely N-dealkylation sites (N-methyl/N-ethyl adjacent to an activating group) is 1. The molecule has 3 heterocycles. The molecule has 0 N–H and O–H groups in total. The number of amides is 1. The molecule has 1 atom stereocenters. The quantitative estimate of drug-likeness (QED) is 0.373. The molecular formula is C23H20BrClIN3O3S. The van der Waals surface area contributed by atoms with Crippen molar-refractivity contribution < 1.29 is 9.21 Å². The maximum absolute atomic E-state index is 13.6. The second-order valence-corrected chi connectivity index (χ2v) is 10.7. The van der Waals surface area contributed by atoms with E-state index in [-0.39, 0.29) is 11.5 Å². The van der Waals surface area contributed by atoms with Crippen molar-refractivity contribution in [2.75, 3.05) is 13.1 Å². The summed E-state index contributed by atoms with van der Waals surface area (Å²) in [6.45, 7) is 6.83. The number of carbonyl (C=O) groups excluding carboxylic acids is 1. The van der Waals surface area contributed by atoms with E-state index in [0.717, 1.165) is 10.0 Å². The van der Waals surface area contributed by atoms with Crippen molar-refractivity contribution >= 4 is 73.4 Å². The molecule has 10 heteroatoms. The number of furan rings is 1. The first-order valence-electron chi connectivity index (χ1n) is 10.3. The topological polar surface area (TPSA) is 67.8 Å². The van der Waals surface area contributed by atoms with Gasteiger partial charge in [0.25, 0.3) is 11.5 Å². The van der Waals surface area contributed by atoms with Crippen molar-refractivity contribution in [3.8, 4) is 0 Å². The molecule has 6 nitrogen and oxygen atoms in total. The van der Waals surface area contributed by atoms with E-state index in [0.29, 0.717) is 48.2 Å². The van der Waals surface area contributed by atoms with Crippen LogP contribution in [0.5, 0.6) is 0 Å². The summed E-state index contributed by atoms with van der Waals surface area (Å²) in [4.78, 5) is 34.1. The van der Waals surface area contributed by atoms with E-state index in [1.807, 2.05) is 39.0 Å². The Balaban J connectivity index is 1.96. The lowest BCUT2D eigenvalue weighted by Gasteiger charge is -2.29. The van der Waals surface area contributed by atoms with Crippen molar-refractivity contribution in [3.05, 3.63) is 85.9 Å². The van der Waals surface area contributed by atoms with Gasteiger partial charge in [0.1, 0.15) is 5.76 Å². The van der Waals surface area contributed by atoms with E-state index in [2.05, 4.69) is 43.5 Å². The van der Waals surface area contributed by atoms with E-state index >= 15 is 0 Å². The van der Waals surface area contributed by atoms with Gasteiger partial charge in [-0.05, 0) is 60.5 Å². The summed E-state index contributed by atoms with van der Waals surface area (Å²) in [5, 5.41) is 0.585. The van der Waals surface area contributed by atoms with Gasteiger partial charge in [0, 0.05) is 46.8 Å². The maximum Gasteiger partial charge on any atom is 0.271 e. The first kappa shape index (κ1) is 24.4. The monoisotopic (exact) mass is 659 g/mol. The van der Waals surface area contributed by atoms with Crippen LogP contribution < -0.4 is 14.9 Å². The summed E-state index contributed by atoms with van der Waals surface area (Å²) >= 11 is 12.9. The smallest absolute Gasteiger partial charge is 0.271 e. The van der Waals surface area contributed by atoms with E-state index in [1.54, 1.807) is 27.7 Å². The fourth-order valence-electron chi connectivity index (χ4n) is 3.80. The zero-order chi connectivity index (χ0) is 23.9. The van der Waals surface area contributed by atoms with Crippen molar-refractivity contribution in [1.29, 1.82) is 0 Å². The minimum Gasteiger partial charge on any atom is -0.450 e. The van der Waals surface area contributed by atoms with Gasteiger partial charge in [0.05, 0.1) is 26.3 Å². The molecule has 1 amide bonds. The van der Waals surface area contributed by atoms with Gasteiger partial charge in [-0.25, -0.2) is 4.99 Å². The molecule has 0 fully saturated rings. The Labute approximate surface area is 221 Å². The van der Waals surface area contributed by atoms with Crippen molar-refractivity contribution in [1.82, 2.24) is 9.47 Å². The summed E-state index contributed by atoms with van der Waals surface area (Å²) in [5.41, 5.74) is 1.68. The highest BCUT2D eigenvalue weighted by molar-refractivity contribution is 14.1. The molecule has 0 spiro atoms. The molecule has 1 aliphatic rings. The van der Waals surface area contributed by atoms with Gasteiger partial charge in [-0.15, -0.1) is 0 Å². The lowest BCUT2D eigenvalue weighted by Crippen LogP contribution is -2.43. The largest absolute Gasteiger partial charge is 0.450 e. The predicted molar refractivity (Wildman–Crippen MR) is 142 cm³/mol. The summed E-state index contributed by atoms with van der Waals surface area (Å²) < 4.78 is 9.31. The van der Waals surface area contributed by atoms with Gasteiger partial charge in [0.2, 0.25) is 0 Å². The van der Waals surface area contributed by atoms with Crippen LogP contribution in [-0.2, 0) is 4.79 Å². The Morgan fingerprint density at radius 2 is 2.00 bits per heavy atom. The van der Waals surface area contributed by atoms with Crippen LogP contribution in [0.15, 0.2) is 60.3 Å². The molecule has 4 rings (SSSR count). The number of hydrogen-bond acceptors (Lipinski definition) is 5. The average molecular weight is 661 g/mol. The summed E-state index contributed by atoms with van der Waals surface area (Å²) in [7, 11) is 0. The van der Waals surface area contributed by atoms with Crippen molar-refractivity contribution in [2.24, 2.45) is 4.99 Å². The molecule has 33 heavy (non-hydrogen) atoms. The Morgan fingerprint density at radius 1 is 1.33 bits per heavy atom. The summed E-state index contributed by atoms with van der Waals surface area (Å²) in [6.07, 6.45) is 1.71. The summed E-state index contributed by atoms with van der Waals surface area (Å²) in [5.74, 6) is 0.440. The molecule has 172 valence electrons. The van der Waals surface area contributed by atoms with Crippen molar-refractivity contribution in [3.63, 3.8) is 0 Å². The van der Waals surface area contributed by atoms with Crippen LogP contribution in [0, 0.1) is 3.77 Å². The normalized spacial score (nSPS) is 16.1. The third-order valence-corrected chi connectivity index (χ3v) is 8.79. The highest BCUT2D eigenvalue weighted by atomic mass is 127. The van der Waals surface area contributed by atoms with Crippen LogP contribution in [-0.4, -0.2) is 28.5 Å². The highest BCUT2D eigenvalue weighted by Gasteiger charge is 2.34. The number of nitrogens with zero attached hydrogens (tertiary/aromatic N) is 3. The predicted octanol–water partition coefficient (Wildman–Crippen LogP) is 4.72. The number of carbonyl (C=O) groups is 1. The number of fused-ring (bicyclic) bond motifs is 1. The molecule has 0 saturated heterocycles. The Hall–Kier alpha value is -1.69.